The Kier molecular flexibility index (Phi) is 6.31. The zero-order valence-corrected chi connectivity index (χ0v) is 17.7. The van der Waals surface area contributed by atoms with Gasteiger partial charge in [-0.05, 0) is 42.8 Å². The number of benzene rings is 2. The number of nitrogens with two attached hydrogens (primary N) is 1. The number of nitrogens with one attached hydrogen (secondary N) is 1. The molecular weight excluding hydrogens is 394 g/mol. The number of methoxy groups -OCH3 is 1. The molecule has 3 N–H and O–H groups in total. The summed E-state index contributed by atoms with van der Waals surface area (Å²) in [7, 11) is 1.63. The molecule has 31 heavy (non-hydrogen) atoms. The van der Waals surface area contributed by atoms with Crippen LogP contribution in [0.25, 0.3) is 5.69 Å². The minimum atomic E-state index is -0.295. The number of hydrogen-bond acceptors (Lipinski definition) is 6. The van der Waals surface area contributed by atoms with Crippen molar-refractivity contribution < 1.29 is 14.3 Å². The van der Waals surface area contributed by atoms with Crippen molar-refractivity contribution in [3.8, 4) is 5.69 Å². The highest BCUT2D eigenvalue weighted by atomic mass is 16.7. The van der Waals surface area contributed by atoms with Crippen molar-refractivity contribution in [2.24, 2.45) is 5.73 Å². The summed E-state index contributed by atoms with van der Waals surface area (Å²) in [5.41, 5.74) is 10.4. The van der Waals surface area contributed by atoms with Crippen LogP contribution in [-0.2, 0) is 16.0 Å². The molecule has 1 aromatic heterocycles. The lowest BCUT2D eigenvalue weighted by molar-refractivity contribution is -0.128. The highest BCUT2D eigenvalue weighted by Crippen LogP contribution is 2.28. The van der Waals surface area contributed by atoms with Crippen LogP contribution in [-0.4, -0.2) is 48.8 Å². The normalized spacial score (nSPS) is 16.4. The second-order valence-electron chi connectivity index (χ2n) is 7.41. The number of amides is 1. The van der Waals surface area contributed by atoms with Gasteiger partial charge < -0.3 is 25.4 Å². The van der Waals surface area contributed by atoms with Crippen molar-refractivity contribution in [3.05, 3.63) is 71.5 Å². The Labute approximate surface area is 181 Å². The number of aromatic nitrogens is 2. The zero-order chi connectivity index (χ0) is 21.8. The topological polar surface area (TPSA) is 94.6 Å². The van der Waals surface area contributed by atoms with Gasteiger partial charge in [0.15, 0.2) is 6.29 Å². The fourth-order valence-electron chi connectivity index (χ4n) is 3.69. The van der Waals surface area contributed by atoms with Crippen LogP contribution in [0.1, 0.15) is 21.7 Å². The Morgan fingerprint density at radius 2 is 2.10 bits per heavy atom. The van der Waals surface area contributed by atoms with Gasteiger partial charge in [0.25, 0.3) is 5.91 Å². The van der Waals surface area contributed by atoms with E-state index < -0.39 is 0 Å². The third-order valence-corrected chi connectivity index (χ3v) is 5.25. The number of carbonyl (C=O) groups is 1. The molecule has 0 spiro atoms. The number of morpholine rings is 1. The highest BCUT2D eigenvalue weighted by molar-refractivity contribution is 6.05. The molecule has 3 aromatic rings. The number of ether oxygens (including phenoxy) is 2. The third kappa shape index (κ3) is 4.61. The molecule has 8 nitrogen and oxygen atoms in total. The molecule has 1 aliphatic heterocycles. The van der Waals surface area contributed by atoms with Crippen LogP contribution in [0.5, 0.6) is 0 Å². The average Bonchev–Trinajstić information content (AvgIpc) is 3.21. The summed E-state index contributed by atoms with van der Waals surface area (Å²) in [5.74, 6) is -0.234. The largest absolute Gasteiger partial charge is 0.362 e. The number of para-hydroxylation sites is 2. The number of nitrogens with zero attached hydrogens (tertiary/aromatic N) is 3. The highest BCUT2D eigenvalue weighted by Gasteiger charge is 2.23. The van der Waals surface area contributed by atoms with Gasteiger partial charge in [0.05, 0.1) is 35.9 Å². The fraction of sp³-hybridized carbons (Fsp3) is 0.304. The number of anilines is 2. The van der Waals surface area contributed by atoms with Crippen molar-refractivity contribution >= 4 is 17.3 Å². The fourth-order valence-corrected chi connectivity index (χ4v) is 3.69. The minimum absolute atomic E-state index is 0.234. The molecular formula is C23H27N5O3. The summed E-state index contributed by atoms with van der Waals surface area (Å²) >= 11 is 0. The Hall–Kier alpha value is -3.20. The summed E-state index contributed by atoms with van der Waals surface area (Å²) in [6.45, 7) is 4.16. The SMILES string of the molecule is COC1CN(c2ccccc2NC(=O)c2cc(C)nn2-c2cccc(CN)c2)CCO1. The van der Waals surface area contributed by atoms with Gasteiger partial charge in [-0.25, -0.2) is 4.68 Å². The Bertz CT molecular complexity index is 1060. The van der Waals surface area contributed by atoms with Crippen LogP contribution < -0.4 is 16.0 Å². The molecule has 1 amide bonds. The van der Waals surface area contributed by atoms with E-state index in [0.717, 1.165) is 34.9 Å². The lowest BCUT2D eigenvalue weighted by Gasteiger charge is -2.34. The Balaban J connectivity index is 1.62. The second-order valence-corrected chi connectivity index (χ2v) is 7.41. The summed E-state index contributed by atoms with van der Waals surface area (Å²) in [5, 5.41) is 7.59. The van der Waals surface area contributed by atoms with E-state index in [9.17, 15) is 4.79 Å². The predicted molar refractivity (Wildman–Crippen MR) is 120 cm³/mol. The van der Waals surface area contributed by atoms with E-state index in [-0.39, 0.29) is 12.2 Å². The molecule has 2 heterocycles. The van der Waals surface area contributed by atoms with Gasteiger partial charge in [-0.3, -0.25) is 4.79 Å². The van der Waals surface area contributed by atoms with Crippen molar-refractivity contribution in [1.82, 2.24) is 9.78 Å². The molecule has 4 rings (SSSR count). The van der Waals surface area contributed by atoms with E-state index in [1.54, 1.807) is 17.9 Å². The maximum Gasteiger partial charge on any atom is 0.274 e. The molecule has 0 saturated carbocycles. The van der Waals surface area contributed by atoms with E-state index in [4.69, 9.17) is 15.2 Å². The van der Waals surface area contributed by atoms with E-state index in [2.05, 4.69) is 15.3 Å². The molecule has 8 heteroatoms. The van der Waals surface area contributed by atoms with Crippen molar-refractivity contribution in [3.63, 3.8) is 0 Å². The Morgan fingerprint density at radius 1 is 1.26 bits per heavy atom. The molecule has 0 radical (unpaired) electrons. The van der Waals surface area contributed by atoms with E-state index in [1.807, 2.05) is 55.5 Å². The molecule has 1 unspecified atom stereocenters. The summed E-state index contributed by atoms with van der Waals surface area (Å²) in [6, 6.07) is 17.2. The van der Waals surface area contributed by atoms with Gasteiger partial charge in [-0.15, -0.1) is 0 Å². The minimum Gasteiger partial charge on any atom is -0.362 e. The maximum atomic E-state index is 13.3. The molecule has 2 aromatic carbocycles. The molecule has 1 aliphatic rings. The van der Waals surface area contributed by atoms with Gasteiger partial charge >= 0.3 is 0 Å². The molecule has 0 aliphatic carbocycles. The van der Waals surface area contributed by atoms with Crippen LogP contribution >= 0.6 is 0 Å². The molecule has 1 saturated heterocycles. The zero-order valence-electron chi connectivity index (χ0n) is 17.7. The van der Waals surface area contributed by atoms with Crippen LogP contribution in [0.15, 0.2) is 54.6 Å². The monoisotopic (exact) mass is 421 g/mol. The summed E-state index contributed by atoms with van der Waals surface area (Å²) in [6.07, 6.45) is -0.295. The second kappa shape index (κ2) is 9.30. The lowest BCUT2D eigenvalue weighted by atomic mass is 10.2. The predicted octanol–water partition coefficient (Wildman–Crippen LogP) is 2.70. The lowest BCUT2D eigenvalue weighted by Crippen LogP contribution is -2.43. The van der Waals surface area contributed by atoms with Gasteiger partial charge in [0, 0.05) is 20.2 Å². The summed E-state index contributed by atoms with van der Waals surface area (Å²) < 4.78 is 12.6. The van der Waals surface area contributed by atoms with Crippen molar-refractivity contribution in [2.75, 3.05) is 37.0 Å². The van der Waals surface area contributed by atoms with Crippen LogP contribution in [0.3, 0.4) is 0 Å². The van der Waals surface area contributed by atoms with Crippen LogP contribution in [0.2, 0.25) is 0 Å². The van der Waals surface area contributed by atoms with Gasteiger partial charge in [-0.1, -0.05) is 24.3 Å². The molecule has 1 atom stereocenters. The number of rotatable bonds is 6. The van der Waals surface area contributed by atoms with Crippen LogP contribution in [0, 0.1) is 6.92 Å². The molecule has 0 bridgehead atoms. The summed E-state index contributed by atoms with van der Waals surface area (Å²) in [4.78, 5) is 15.4. The maximum absolute atomic E-state index is 13.3. The first kappa shape index (κ1) is 21.0. The standard InChI is InChI=1S/C23H27N5O3/c1-16-12-21(28(26-16)18-7-5-6-17(13-18)14-24)23(29)25-19-8-3-4-9-20(19)27-10-11-31-22(15-27)30-2/h3-9,12-13,22H,10-11,14-15,24H2,1-2H3,(H,25,29). The van der Waals surface area contributed by atoms with Gasteiger partial charge in [0.2, 0.25) is 0 Å². The first-order valence-corrected chi connectivity index (χ1v) is 10.2. The van der Waals surface area contributed by atoms with E-state index in [1.165, 1.54) is 0 Å². The van der Waals surface area contributed by atoms with Gasteiger partial charge in [0.1, 0.15) is 5.69 Å². The van der Waals surface area contributed by atoms with Crippen molar-refractivity contribution in [2.45, 2.75) is 19.8 Å². The first-order valence-electron chi connectivity index (χ1n) is 10.2. The van der Waals surface area contributed by atoms with Crippen LogP contribution in [0.4, 0.5) is 11.4 Å². The smallest absolute Gasteiger partial charge is 0.274 e. The number of hydrogen-bond donors (Lipinski definition) is 2. The van der Waals surface area contributed by atoms with Gasteiger partial charge in [-0.2, -0.15) is 5.10 Å². The Morgan fingerprint density at radius 3 is 2.90 bits per heavy atom. The van der Waals surface area contributed by atoms with E-state index >= 15 is 0 Å². The number of carbonyl (C=O) groups excluding carboxylic acids is 1. The molecule has 1 fully saturated rings. The van der Waals surface area contributed by atoms with E-state index in [0.29, 0.717) is 25.4 Å². The quantitative estimate of drug-likeness (QED) is 0.636. The molecule has 162 valence electrons. The third-order valence-electron chi connectivity index (χ3n) is 5.25. The average molecular weight is 422 g/mol. The van der Waals surface area contributed by atoms with Crippen molar-refractivity contribution in [1.29, 1.82) is 0 Å². The number of aryl methyl sites for hydroxylation is 1. The first-order chi connectivity index (χ1) is 15.1.